The molecule has 4 nitrogen and oxygen atoms in total. The third-order valence-electron chi connectivity index (χ3n) is 3.08. The van der Waals surface area contributed by atoms with E-state index in [0.29, 0.717) is 24.4 Å². The zero-order valence-corrected chi connectivity index (χ0v) is 13.1. The number of para-hydroxylation sites is 1. The van der Waals surface area contributed by atoms with Gasteiger partial charge >= 0.3 is 0 Å². The van der Waals surface area contributed by atoms with Crippen LogP contribution in [0.1, 0.15) is 25.8 Å². The normalized spacial score (nSPS) is 10.4. The van der Waals surface area contributed by atoms with Crippen LogP contribution in [-0.4, -0.2) is 35.5 Å². The van der Waals surface area contributed by atoms with Crippen LogP contribution in [0.25, 0.3) is 0 Å². The van der Waals surface area contributed by atoms with Gasteiger partial charge in [0.1, 0.15) is 5.75 Å². The number of amides is 1. The lowest BCUT2D eigenvalue weighted by molar-refractivity contribution is -0.132. The predicted molar refractivity (Wildman–Crippen MR) is 84.9 cm³/mol. The van der Waals surface area contributed by atoms with E-state index < -0.39 is 0 Å². The van der Waals surface area contributed by atoms with Crippen molar-refractivity contribution in [1.29, 1.82) is 0 Å². The average Bonchev–Trinajstić information content (AvgIpc) is 2.38. The number of ether oxygens (including phenoxy) is 1. The number of carbonyl (C=O) groups is 1. The van der Waals surface area contributed by atoms with Gasteiger partial charge in [-0.2, -0.15) is 0 Å². The molecule has 0 fully saturated rings. The molecule has 1 rings (SSSR count). The molecule has 0 bridgehead atoms. The standard InChI is InChI=1S/C15H22N2O2S/c1-11(2)17(9-8-14(16)20)15(18)10-12-6-4-5-7-13(12)19-3/h4-7,11H,8-10H2,1-3H3,(H2,16,20). The Balaban J connectivity index is 2.77. The molecule has 0 aromatic heterocycles. The summed E-state index contributed by atoms with van der Waals surface area (Å²) in [6.07, 6.45) is 0.866. The van der Waals surface area contributed by atoms with Crippen molar-refractivity contribution in [2.75, 3.05) is 13.7 Å². The van der Waals surface area contributed by atoms with Crippen LogP contribution in [0.15, 0.2) is 24.3 Å². The fourth-order valence-electron chi connectivity index (χ4n) is 2.02. The highest BCUT2D eigenvalue weighted by Crippen LogP contribution is 2.19. The minimum absolute atomic E-state index is 0.0563. The number of methoxy groups -OCH3 is 1. The summed E-state index contributed by atoms with van der Waals surface area (Å²) in [4.78, 5) is 14.6. The Morgan fingerprint density at radius 3 is 2.60 bits per heavy atom. The Kier molecular flexibility index (Phi) is 6.45. The second kappa shape index (κ2) is 7.85. The highest BCUT2D eigenvalue weighted by atomic mass is 32.1. The number of nitrogens with two attached hydrogens (primary N) is 1. The summed E-state index contributed by atoms with van der Waals surface area (Å²) in [5.74, 6) is 0.791. The largest absolute Gasteiger partial charge is 0.496 e. The van der Waals surface area contributed by atoms with Gasteiger partial charge in [0.15, 0.2) is 0 Å². The minimum atomic E-state index is 0.0563. The van der Waals surface area contributed by atoms with Gasteiger partial charge in [-0.15, -0.1) is 0 Å². The SMILES string of the molecule is COc1ccccc1CC(=O)N(CCC(N)=S)C(C)C. The molecule has 0 saturated heterocycles. The summed E-state index contributed by atoms with van der Waals surface area (Å²) < 4.78 is 5.27. The van der Waals surface area contributed by atoms with Crippen LogP contribution >= 0.6 is 12.2 Å². The van der Waals surface area contributed by atoms with Crippen LogP contribution in [0.2, 0.25) is 0 Å². The zero-order valence-electron chi connectivity index (χ0n) is 12.3. The van der Waals surface area contributed by atoms with E-state index in [2.05, 4.69) is 0 Å². The van der Waals surface area contributed by atoms with Crippen LogP contribution in [-0.2, 0) is 11.2 Å². The van der Waals surface area contributed by atoms with Crippen LogP contribution in [0.5, 0.6) is 5.75 Å². The Morgan fingerprint density at radius 1 is 1.40 bits per heavy atom. The number of carbonyl (C=O) groups excluding carboxylic acids is 1. The summed E-state index contributed by atoms with van der Waals surface area (Å²) in [6.45, 7) is 4.53. The van der Waals surface area contributed by atoms with Gasteiger partial charge in [-0.3, -0.25) is 4.79 Å². The fraction of sp³-hybridized carbons (Fsp3) is 0.467. The molecule has 0 aliphatic rings. The van der Waals surface area contributed by atoms with Crippen molar-refractivity contribution < 1.29 is 9.53 Å². The lowest BCUT2D eigenvalue weighted by Crippen LogP contribution is -2.39. The first kappa shape index (κ1) is 16.4. The van der Waals surface area contributed by atoms with E-state index in [1.807, 2.05) is 38.1 Å². The number of nitrogens with zero attached hydrogens (tertiary/aromatic N) is 1. The highest BCUT2D eigenvalue weighted by molar-refractivity contribution is 7.80. The number of hydrogen-bond donors (Lipinski definition) is 1. The van der Waals surface area contributed by atoms with E-state index in [1.54, 1.807) is 12.0 Å². The van der Waals surface area contributed by atoms with Crippen molar-refractivity contribution in [3.8, 4) is 5.75 Å². The summed E-state index contributed by atoms with van der Waals surface area (Å²) in [7, 11) is 1.61. The van der Waals surface area contributed by atoms with E-state index in [1.165, 1.54) is 0 Å². The lowest BCUT2D eigenvalue weighted by atomic mass is 10.1. The van der Waals surface area contributed by atoms with Crippen LogP contribution in [0, 0.1) is 0 Å². The van der Waals surface area contributed by atoms with E-state index in [4.69, 9.17) is 22.7 Å². The third-order valence-corrected chi connectivity index (χ3v) is 3.28. The number of benzene rings is 1. The smallest absolute Gasteiger partial charge is 0.227 e. The van der Waals surface area contributed by atoms with Gasteiger partial charge in [0, 0.05) is 24.6 Å². The van der Waals surface area contributed by atoms with Gasteiger partial charge in [0.2, 0.25) is 5.91 Å². The second-order valence-corrected chi connectivity index (χ2v) is 5.41. The summed E-state index contributed by atoms with van der Waals surface area (Å²) in [6, 6.07) is 7.67. The van der Waals surface area contributed by atoms with E-state index >= 15 is 0 Å². The molecule has 1 amide bonds. The molecule has 1 aromatic carbocycles. The topological polar surface area (TPSA) is 55.6 Å². The first-order chi connectivity index (χ1) is 9.45. The van der Waals surface area contributed by atoms with Crippen molar-refractivity contribution in [3.63, 3.8) is 0 Å². The van der Waals surface area contributed by atoms with Crippen LogP contribution in [0.4, 0.5) is 0 Å². The van der Waals surface area contributed by atoms with Gasteiger partial charge in [-0.1, -0.05) is 30.4 Å². The van der Waals surface area contributed by atoms with Gasteiger partial charge in [-0.25, -0.2) is 0 Å². The molecular formula is C15H22N2O2S. The average molecular weight is 294 g/mol. The van der Waals surface area contributed by atoms with Crippen molar-refractivity contribution in [3.05, 3.63) is 29.8 Å². The van der Waals surface area contributed by atoms with Gasteiger partial charge < -0.3 is 15.4 Å². The molecule has 0 heterocycles. The minimum Gasteiger partial charge on any atom is -0.496 e. The first-order valence-electron chi connectivity index (χ1n) is 6.65. The van der Waals surface area contributed by atoms with Crippen molar-refractivity contribution >= 4 is 23.1 Å². The van der Waals surface area contributed by atoms with E-state index in [-0.39, 0.29) is 11.9 Å². The quantitative estimate of drug-likeness (QED) is 0.783. The van der Waals surface area contributed by atoms with E-state index in [9.17, 15) is 4.79 Å². The molecule has 0 spiro atoms. The number of hydrogen-bond acceptors (Lipinski definition) is 3. The maximum absolute atomic E-state index is 12.4. The Bertz CT molecular complexity index is 475. The predicted octanol–water partition coefficient (Wildman–Crippen LogP) is 2.15. The van der Waals surface area contributed by atoms with Crippen molar-refractivity contribution in [1.82, 2.24) is 4.90 Å². The molecule has 0 aliphatic heterocycles. The van der Waals surface area contributed by atoms with Crippen LogP contribution in [0.3, 0.4) is 0 Å². The molecule has 0 saturated carbocycles. The molecule has 1 aromatic rings. The van der Waals surface area contributed by atoms with Crippen molar-refractivity contribution in [2.45, 2.75) is 32.7 Å². The third kappa shape index (κ3) is 4.81. The maximum Gasteiger partial charge on any atom is 0.227 e. The summed E-state index contributed by atoms with van der Waals surface area (Å²) >= 11 is 4.88. The number of rotatable bonds is 7. The molecule has 20 heavy (non-hydrogen) atoms. The maximum atomic E-state index is 12.4. The molecule has 0 unspecified atom stereocenters. The zero-order chi connectivity index (χ0) is 15.1. The van der Waals surface area contributed by atoms with Crippen LogP contribution < -0.4 is 10.5 Å². The van der Waals surface area contributed by atoms with E-state index in [0.717, 1.165) is 11.3 Å². The monoisotopic (exact) mass is 294 g/mol. The second-order valence-electron chi connectivity index (χ2n) is 4.89. The molecule has 0 atom stereocenters. The Morgan fingerprint density at radius 2 is 2.05 bits per heavy atom. The lowest BCUT2D eigenvalue weighted by Gasteiger charge is -2.27. The fourth-order valence-corrected chi connectivity index (χ4v) is 2.11. The molecule has 5 heteroatoms. The van der Waals surface area contributed by atoms with Gasteiger partial charge in [-0.05, 0) is 19.9 Å². The highest BCUT2D eigenvalue weighted by Gasteiger charge is 2.18. The van der Waals surface area contributed by atoms with Gasteiger partial charge in [0.05, 0.1) is 18.5 Å². The molecule has 110 valence electrons. The molecular weight excluding hydrogens is 272 g/mol. The Labute approximate surface area is 125 Å². The summed E-state index contributed by atoms with van der Waals surface area (Å²) in [5.41, 5.74) is 6.40. The molecule has 0 radical (unpaired) electrons. The first-order valence-corrected chi connectivity index (χ1v) is 7.06. The summed E-state index contributed by atoms with van der Waals surface area (Å²) in [5, 5.41) is 0. The molecule has 0 aliphatic carbocycles. The Hall–Kier alpha value is -1.62. The van der Waals surface area contributed by atoms with Gasteiger partial charge in [0.25, 0.3) is 0 Å². The number of thiocarbonyl (C=S) groups is 1. The van der Waals surface area contributed by atoms with Crippen molar-refractivity contribution in [2.24, 2.45) is 5.73 Å². The molecule has 2 N–H and O–H groups in total.